The van der Waals surface area contributed by atoms with Gasteiger partial charge in [0.2, 0.25) is 5.91 Å². The zero-order valence-corrected chi connectivity index (χ0v) is 19.7. The van der Waals surface area contributed by atoms with Crippen LogP contribution < -0.4 is 11.1 Å². The number of hydrogen-bond donors (Lipinski definition) is 3. The van der Waals surface area contributed by atoms with Gasteiger partial charge < -0.3 is 11.1 Å². The highest BCUT2D eigenvalue weighted by Crippen LogP contribution is 2.44. The lowest BCUT2D eigenvalue weighted by Gasteiger charge is -2.40. The highest BCUT2D eigenvalue weighted by atomic mass is 16.2. The van der Waals surface area contributed by atoms with Crippen LogP contribution in [0.4, 0.5) is 0 Å². The number of nitrogens with two attached hydrogens (primary N) is 1. The van der Waals surface area contributed by atoms with Gasteiger partial charge in [-0.1, -0.05) is 26.0 Å². The molecule has 3 fully saturated rings. The zero-order chi connectivity index (χ0) is 22.0. The van der Waals surface area contributed by atoms with Crippen molar-refractivity contribution in [1.82, 2.24) is 10.2 Å². The van der Waals surface area contributed by atoms with Crippen molar-refractivity contribution in [2.75, 3.05) is 6.54 Å². The lowest BCUT2D eigenvalue weighted by molar-refractivity contribution is -0.127. The summed E-state index contributed by atoms with van der Waals surface area (Å²) >= 11 is 0. The fourth-order valence-corrected chi connectivity index (χ4v) is 6.90. The van der Waals surface area contributed by atoms with E-state index in [-0.39, 0.29) is 17.9 Å². The second-order valence-corrected chi connectivity index (χ2v) is 11.3. The number of carbonyl (C=O) groups is 1. The summed E-state index contributed by atoms with van der Waals surface area (Å²) in [6.07, 6.45) is 16.9. The summed E-state index contributed by atoms with van der Waals surface area (Å²) in [5, 5.41) is 11.4. The molecule has 1 aliphatic heterocycles. The third-order valence-electron chi connectivity index (χ3n) is 8.97. The predicted octanol–water partition coefficient (Wildman–Crippen LogP) is 4.47. The summed E-state index contributed by atoms with van der Waals surface area (Å²) in [5.74, 6) is 3.75. The smallest absolute Gasteiger partial charge is 0.237 e. The molecule has 1 saturated heterocycles. The van der Waals surface area contributed by atoms with Gasteiger partial charge in [0.05, 0.1) is 11.9 Å². The molecule has 0 aromatic carbocycles. The molecule has 4 unspecified atom stereocenters. The lowest BCUT2D eigenvalue weighted by atomic mass is 9.76. The quantitative estimate of drug-likeness (QED) is 0.332. The summed E-state index contributed by atoms with van der Waals surface area (Å²) in [6, 6.07) is 0.732. The molecule has 0 radical (unpaired) electrons. The van der Waals surface area contributed by atoms with Crippen LogP contribution in [-0.2, 0) is 4.79 Å². The number of nitrogens with one attached hydrogen (secondary N) is 2. The van der Waals surface area contributed by atoms with Gasteiger partial charge in [-0.3, -0.25) is 15.1 Å². The largest absolute Gasteiger partial charge is 0.387 e. The topological polar surface area (TPSA) is 82.2 Å². The molecule has 5 nitrogen and oxygen atoms in total. The number of rotatable bonds is 6. The molecule has 0 aromatic heterocycles. The lowest BCUT2D eigenvalue weighted by Crippen LogP contribution is -2.51. The van der Waals surface area contributed by atoms with Gasteiger partial charge in [-0.25, -0.2) is 0 Å². The van der Waals surface area contributed by atoms with Crippen LogP contribution in [0, 0.1) is 35.0 Å². The van der Waals surface area contributed by atoms with Crippen molar-refractivity contribution < 1.29 is 4.79 Å². The number of nitrogens with zero attached hydrogens (tertiary/aromatic N) is 1. The summed E-state index contributed by atoms with van der Waals surface area (Å²) in [7, 11) is 0. The van der Waals surface area contributed by atoms with Gasteiger partial charge in [-0.05, 0) is 94.3 Å². The van der Waals surface area contributed by atoms with Crippen LogP contribution in [0.5, 0.6) is 0 Å². The normalized spacial score (nSPS) is 38.7. The molecule has 3 aliphatic carbocycles. The Balaban J connectivity index is 1.44. The average Bonchev–Trinajstić information content (AvgIpc) is 3.12. The maximum absolute atomic E-state index is 13.4. The highest BCUT2D eigenvalue weighted by Gasteiger charge is 2.48. The van der Waals surface area contributed by atoms with Crippen LogP contribution >= 0.6 is 0 Å². The van der Waals surface area contributed by atoms with Gasteiger partial charge in [0.25, 0.3) is 0 Å². The minimum absolute atomic E-state index is 0.00874. The van der Waals surface area contributed by atoms with Crippen molar-refractivity contribution in [3.05, 3.63) is 12.2 Å². The van der Waals surface area contributed by atoms with Crippen molar-refractivity contribution in [3.63, 3.8) is 0 Å². The van der Waals surface area contributed by atoms with Gasteiger partial charge in [0.15, 0.2) is 0 Å². The Hall–Kier alpha value is -1.36. The molecule has 31 heavy (non-hydrogen) atoms. The van der Waals surface area contributed by atoms with Crippen LogP contribution in [0.15, 0.2) is 12.2 Å². The van der Waals surface area contributed by atoms with E-state index in [2.05, 4.69) is 36.2 Å². The van der Waals surface area contributed by atoms with Crippen molar-refractivity contribution >= 4 is 11.7 Å². The van der Waals surface area contributed by atoms with Gasteiger partial charge >= 0.3 is 0 Å². The predicted molar refractivity (Wildman–Crippen MR) is 127 cm³/mol. The van der Waals surface area contributed by atoms with Crippen LogP contribution in [0.2, 0.25) is 0 Å². The van der Waals surface area contributed by atoms with E-state index in [0.29, 0.717) is 29.8 Å². The standard InChI is InChI=1S/C26H44N4O/c1-17(2)19-10-8-18(9-11-19)16-30-23-15-21(25(27)28)13-12-20(23)14-24(30)26(31)29-22-6-4-3-5-7-22/h3-4,17-24H,5-16H2,1-2H3,(H3,27,28)(H,29,31)/t18?,19?,20?,21?,22-,23?,24?/m0/s1. The highest BCUT2D eigenvalue weighted by molar-refractivity contribution is 5.83. The maximum Gasteiger partial charge on any atom is 0.237 e. The molecule has 1 amide bonds. The first kappa shape index (κ1) is 22.8. The number of carbonyl (C=O) groups excluding carboxylic acids is 1. The minimum Gasteiger partial charge on any atom is -0.387 e. The van der Waals surface area contributed by atoms with Crippen molar-refractivity contribution in [2.24, 2.45) is 35.3 Å². The molecule has 0 spiro atoms. The summed E-state index contributed by atoms with van der Waals surface area (Å²) in [5.41, 5.74) is 5.92. The number of fused-ring (bicyclic) bond motifs is 1. The molecule has 4 aliphatic rings. The molecule has 2 saturated carbocycles. The van der Waals surface area contributed by atoms with E-state index in [4.69, 9.17) is 11.1 Å². The van der Waals surface area contributed by atoms with E-state index in [1.807, 2.05) is 0 Å². The van der Waals surface area contributed by atoms with Crippen molar-refractivity contribution in [1.29, 1.82) is 5.41 Å². The first-order valence-corrected chi connectivity index (χ1v) is 13.0. The fourth-order valence-electron chi connectivity index (χ4n) is 6.90. The van der Waals surface area contributed by atoms with Gasteiger partial charge in [-0.2, -0.15) is 0 Å². The Morgan fingerprint density at radius 2 is 1.87 bits per heavy atom. The second-order valence-electron chi connectivity index (χ2n) is 11.3. The van der Waals surface area contributed by atoms with E-state index in [0.717, 1.165) is 63.3 Å². The Morgan fingerprint density at radius 1 is 1.10 bits per heavy atom. The number of hydrogen-bond acceptors (Lipinski definition) is 3. The number of allylic oxidation sites excluding steroid dienone is 1. The van der Waals surface area contributed by atoms with E-state index in [1.165, 1.54) is 25.7 Å². The first-order valence-electron chi connectivity index (χ1n) is 13.0. The van der Waals surface area contributed by atoms with Crippen LogP contribution in [0.25, 0.3) is 0 Å². The fraction of sp³-hybridized carbons (Fsp3) is 0.846. The number of amides is 1. The first-order chi connectivity index (χ1) is 14.9. The molecule has 174 valence electrons. The molecular formula is C26H44N4O. The van der Waals surface area contributed by atoms with Crippen LogP contribution in [0.3, 0.4) is 0 Å². The average molecular weight is 429 g/mol. The third-order valence-corrected chi connectivity index (χ3v) is 8.97. The van der Waals surface area contributed by atoms with Crippen LogP contribution in [0.1, 0.15) is 84.5 Å². The van der Waals surface area contributed by atoms with E-state index >= 15 is 0 Å². The molecule has 4 rings (SSSR count). The SMILES string of the molecule is CC(C)C1CCC(CN2C(C(=O)N[C@H]3CC=CCC3)CC3CCC(C(=N)N)CC32)CC1. The molecular weight excluding hydrogens is 384 g/mol. The monoisotopic (exact) mass is 428 g/mol. The number of likely N-dealkylation sites (tertiary alicyclic amines) is 1. The maximum atomic E-state index is 13.4. The minimum atomic E-state index is 0.00874. The zero-order valence-electron chi connectivity index (χ0n) is 19.7. The molecule has 0 aromatic rings. The van der Waals surface area contributed by atoms with Crippen molar-refractivity contribution in [2.45, 2.75) is 103 Å². The molecule has 5 atom stereocenters. The Morgan fingerprint density at radius 3 is 2.52 bits per heavy atom. The van der Waals surface area contributed by atoms with E-state index in [1.54, 1.807) is 0 Å². The molecule has 1 heterocycles. The molecule has 0 bridgehead atoms. The third kappa shape index (κ3) is 5.35. The van der Waals surface area contributed by atoms with Gasteiger partial charge in [-0.15, -0.1) is 0 Å². The Labute approximate surface area is 189 Å². The molecule has 4 N–H and O–H groups in total. The van der Waals surface area contributed by atoms with Gasteiger partial charge in [0.1, 0.15) is 0 Å². The Kier molecular flexibility index (Phi) is 7.40. The summed E-state index contributed by atoms with van der Waals surface area (Å²) < 4.78 is 0. The molecule has 5 heteroatoms. The van der Waals surface area contributed by atoms with Crippen LogP contribution in [-0.4, -0.2) is 41.3 Å². The van der Waals surface area contributed by atoms with E-state index < -0.39 is 0 Å². The van der Waals surface area contributed by atoms with E-state index in [9.17, 15) is 4.79 Å². The summed E-state index contributed by atoms with van der Waals surface area (Å²) in [6.45, 7) is 5.78. The number of amidine groups is 1. The summed E-state index contributed by atoms with van der Waals surface area (Å²) in [4.78, 5) is 16.0. The second kappa shape index (κ2) is 10.1. The van der Waals surface area contributed by atoms with Crippen molar-refractivity contribution in [3.8, 4) is 0 Å². The van der Waals surface area contributed by atoms with Gasteiger partial charge in [0, 0.05) is 24.5 Å². The Bertz CT molecular complexity index is 666.